The minimum absolute atomic E-state index is 0.397. The predicted molar refractivity (Wildman–Crippen MR) is 127 cm³/mol. The Balaban J connectivity index is 1.42. The third-order valence-corrected chi connectivity index (χ3v) is 5.07. The van der Waals surface area contributed by atoms with Gasteiger partial charge in [-0.05, 0) is 66.1 Å². The Hall–Kier alpha value is -3.28. The van der Waals surface area contributed by atoms with E-state index in [1.807, 2.05) is 43.3 Å². The van der Waals surface area contributed by atoms with Gasteiger partial charge in [0.1, 0.15) is 12.4 Å². The molecule has 164 valence electrons. The van der Waals surface area contributed by atoms with E-state index in [2.05, 4.69) is 5.32 Å². The molecule has 0 saturated heterocycles. The lowest BCUT2D eigenvalue weighted by molar-refractivity contribution is -0.142. The summed E-state index contributed by atoms with van der Waals surface area (Å²) in [7, 11) is 0. The van der Waals surface area contributed by atoms with E-state index in [4.69, 9.17) is 32.7 Å². The molecule has 0 aromatic heterocycles. The molecule has 1 amide bonds. The van der Waals surface area contributed by atoms with Gasteiger partial charge < -0.3 is 14.8 Å². The quantitative estimate of drug-likeness (QED) is 0.320. The Morgan fingerprint density at radius 3 is 2.38 bits per heavy atom. The van der Waals surface area contributed by atoms with Crippen molar-refractivity contribution in [3.8, 4) is 5.75 Å². The molecular formula is C25H21Cl2NO4. The van der Waals surface area contributed by atoms with Crippen LogP contribution in [0.1, 0.15) is 16.7 Å². The zero-order valence-corrected chi connectivity index (χ0v) is 18.8. The number of nitrogens with one attached hydrogen (secondary N) is 1. The minimum atomic E-state index is -0.620. The summed E-state index contributed by atoms with van der Waals surface area (Å²) in [6.45, 7) is 1.89. The lowest BCUT2D eigenvalue weighted by Crippen LogP contribution is -2.20. The largest absolute Gasteiger partial charge is 0.489 e. The van der Waals surface area contributed by atoms with E-state index in [1.54, 1.807) is 36.4 Å². The molecule has 0 heterocycles. The molecule has 3 aromatic rings. The molecule has 0 aliphatic rings. The molecule has 0 atom stereocenters. The van der Waals surface area contributed by atoms with Crippen LogP contribution in [0.15, 0.2) is 72.8 Å². The molecule has 0 aliphatic heterocycles. The second kappa shape index (κ2) is 11.4. The van der Waals surface area contributed by atoms with E-state index in [0.717, 1.165) is 16.7 Å². The fourth-order valence-corrected chi connectivity index (χ4v) is 2.95. The first-order valence-corrected chi connectivity index (χ1v) is 10.5. The average molecular weight is 470 g/mol. The van der Waals surface area contributed by atoms with Crippen LogP contribution in [-0.2, 0) is 20.9 Å². The van der Waals surface area contributed by atoms with Gasteiger partial charge in [-0.1, -0.05) is 53.5 Å². The van der Waals surface area contributed by atoms with Crippen LogP contribution in [-0.4, -0.2) is 18.5 Å². The van der Waals surface area contributed by atoms with Gasteiger partial charge >= 0.3 is 5.97 Å². The molecule has 0 spiro atoms. The summed E-state index contributed by atoms with van der Waals surface area (Å²) >= 11 is 11.9. The summed E-state index contributed by atoms with van der Waals surface area (Å²) in [5.41, 5.74) is 3.24. The van der Waals surface area contributed by atoms with Gasteiger partial charge in [0.25, 0.3) is 5.91 Å². The van der Waals surface area contributed by atoms with Crippen LogP contribution >= 0.6 is 23.2 Å². The van der Waals surface area contributed by atoms with Crippen LogP contribution < -0.4 is 10.1 Å². The van der Waals surface area contributed by atoms with Gasteiger partial charge in [0.2, 0.25) is 0 Å². The Bertz CT molecular complexity index is 1110. The zero-order chi connectivity index (χ0) is 22.9. The third-order valence-electron chi connectivity index (χ3n) is 4.41. The van der Waals surface area contributed by atoms with E-state index in [1.165, 1.54) is 6.08 Å². The predicted octanol–water partition coefficient (Wildman–Crippen LogP) is 6.08. The van der Waals surface area contributed by atoms with Crippen LogP contribution in [0.5, 0.6) is 5.75 Å². The van der Waals surface area contributed by atoms with Gasteiger partial charge in [0.15, 0.2) is 6.61 Å². The van der Waals surface area contributed by atoms with E-state index in [9.17, 15) is 9.59 Å². The van der Waals surface area contributed by atoms with Crippen molar-refractivity contribution >= 4 is 46.8 Å². The van der Waals surface area contributed by atoms with Gasteiger partial charge in [-0.2, -0.15) is 0 Å². The van der Waals surface area contributed by atoms with E-state index in [-0.39, 0.29) is 0 Å². The number of carbonyl (C=O) groups excluding carboxylic acids is 2. The van der Waals surface area contributed by atoms with Crippen LogP contribution in [0.3, 0.4) is 0 Å². The summed E-state index contributed by atoms with van der Waals surface area (Å²) in [5.74, 6) is -0.369. The maximum absolute atomic E-state index is 11.9. The lowest BCUT2D eigenvalue weighted by Gasteiger charge is -2.07. The number of hydrogen-bond acceptors (Lipinski definition) is 4. The Morgan fingerprint density at radius 2 is 1.69 bits per heavy atom. The molecule has 5 nitrogen and oxygen atoms in total. The standard InChI is InChI=1S/C25H21Cl2NO4/c1-17-2-10-21(14-23(17)27)28-24(29)16-32-25(30)13-7-18-5-11-22(12-6-18)31-15-19-3-8-20(26)9-4-19/h2-14H,15-16H2,1H3,(H,28,29)/b13-7+. The number of amides is 1. The van der Waals surface area contributed by atoms with E-state index in [0.29, 0.717) is 28.1 Å². The highest BCUT2D eigenvalue weighted by Gasteiger charge is 2.07. The normalized spacial score (nSPS) is 10.7. The number of ether oxygens (including phenoxy) is 2. The van der Waals surface area contributed by atoms with Crippen molar-refractivity contribution in [2.45, 2.75) is 13.5 Å². The van der Waals surface area contributed by atoms with Crippen LogP contribution in [0.25, 0.3) is 6.08 Å². The lowest BCUT2D eigenvalue weighted by atomic mass is 10.2. The van der Waals surface area contributed by atoms with E-state index < -0.39 is 18.5 Å². The highest BCUT2D eigenvalue weighted by Crippen LogP contribution is 2.20. The van der Waals surface area contributed by atoms with Gasteiger partial charge in [-0.25, -0.2) is 4.79 Å². The number of esters is 1. The highest BCUT2D eigenvalue weighted by molar-refractivity contribution is 6.31. The topological polar surface area (TPSA) is 64.6 Å². The summed E-state index contributed by atoms with van der Waals surface area (Å²) in [6, 6.07) is 19.8. The fraction of sp³-hybridized carbons (Fsp3) is 0.120. The first-order chi connectivity index (χ1) is 15.4. The van der Waals surface area contributed by atoms with E-state index >= 15 is 0 Å². The fourth-order valence-electron chi connectivity index (χ4n) is 2.64. The van der Waals surface area contributed by atoms with Crippen molar-refractivity contribution < 1.29 is 19.1 Å². The monoisotopic (exact) mass is 469 g/mol. The van der Waals surface area contributed by atoms with Gasteiger partial charge in [-0.3, -0.25) is 4.79 Å². The first kappa shape index (κ1) is 23.4. The average Bonchev–Trinajstić information content (AvgIpc) is 2.79. The minimum Gasteiger partial charge on any atom is -0.489 e. The molecule has 0 unspecified atom stereocenters. The molecule has 0 aliphatic carbocycles. The summed E-state index contributed by atoms with van der Waals surface area (Å²) in [5, 5.41) is 3.85. The Kier molecular flexibility index (Phi) is 8.31. The zero-order valence-electron chi connectivity index (χ0n) is 17.3. The highest BCUT2D eigenvalue weighted by atomic mass is 35.5. The van der Waals surface area contributed by atoms with Gasteiger partial charge in [0.05, 0.1) is 0 Å². The molecule has 7 heteroatoms. The molecule has 1 N–H and O–H groups in total. The van der Waals surface area contributed by atoms with Gasteiger partial charge in [-0.15, -0.1) is 0 Å². The number of anilines is 1. The van der Waals surface area contributed by atoms with Crippen molar-refractivity contribution in [1.29, 1.82) is 0 Å². The molecule has 32 heavy (non-hydrogen) atoms. The second-order valence-electron chi connectivity index (χ2n) is 6.94. The number of carbonyl (C=O) groups is 2. The van der Waals surface area contributed by atoms with Crippen molar-refractivity contribution in [2.75, 3.05) is 11.9 Å². The summed E-state index contributed by atoms with van der Waals surface area (Å²) < 4.78 is 10.7. The third kappa shape index (κ3) is 7.45. The Labute approximate surface area is 196 Å². The SMILES string of the molecule is Cc1ccc(NC(=O)COC(=O)/C=C/c2ccc(OCc3ccc(Cl)cc3)cc2)cc1Cl. The molecule has 0 fully saturated rings. The molecule has 0 bridgehead atoms. The van der Waals surface area contributed by atoms with Crippen molar-refractivity contribution in [3.63, 3.8) is 0 Å². The second-order valence-corrected chi connectivity index (χ2v) is 7.78. The van der Waals surface area contributed by atoms with Gasteiger partial charge in [0, 0.05) is 21.8 Å². The Morgan fingerprint density at radius 1 is 0.969 bits per heavy atom. The van der Waals surface area contributed by atoms with Crippen LogP contribution in [0, 0.1) is 6.92 Å². The number of aryl methyl sites for hydroxylation is 1. The van der Waals surface area contributed by atoms with Crippen molar-refractivity contribution in [2.24, 2.45) is 0 Å². The summed E-state index contributed by atoms with van der Waals surface area (Å²) in [4.78, 5) is 23.8. The molecule has 0 radical (unpaired) electrons. The first-order valence-electron chi connectivity index (χ1n) is 9.77. The van der Waals surface area contributed by atoms with Crippen molar-refractivity contribution in [1.82, 2.24) is 0 Å². The maximum Gasteiger partial charge on any atom is 0.331 e. The number of rotatable bonds is 8. The number of halogens is 2. The van der Waals surface area contributed by atoms with Crippen LogP contribution in [0.2, 0.25) is 10.0 Å². The van der Waals surface area contributed by atoms with Crippen molar-refractivity contribution in [3.05, 3.63) is 99.5 Å². The molecule has 3 aromatic carbocycles. The smallest absolute Gasteiger partial charge is 0.331 e. The molecule has 3 rings (SSSR count). The summed E-state index contributed by atoms with van der Waals surface area (Å²) in [6.07, 6.45) is 2.86. The molecular weight excluding hydrogens is 449 g/mol. The number of hydrogen-bond donors (Lipinski definition) is 1. The maximum atomic E-state index is 11.9. The number of benzene rings is 3. The molecule has 0 saturated carbocycles. The van der Waals surface area contributed by atoms with Crippen LogP contribution in [0.4, 0.5) is 5.69 Å².